The number of piperidine rings is 1. The number of carbonyl (C=O) groups is 2. The molecule has 1 unspecified atom stereocenters. The van der Waals surface area contributed by atoms with Gasteiger partial charge < -0.3 is 24.4 Å². The average Bonchev–Trinajstić information content (AvgIpc) is 3.16. The number of ether oxygens (including phenoxy) is 3. The summed E-state index contributed by atoms with van der Waals surface area (Å²) in [5.74, 6) is -1.68. The number of amides is 2. The van der Waals surface area contributed by atoms with Crippen molar-refractivity contribution in [2.24, 2.45) is 5.92 Å². The van der Waals surface area contributed by atoms with E-state index in [2.05, 4.69) is 55.7 Å². The lowest BCUT2D eigenvalue weighted by Crippen LogP contribution is -2.58. The Bertz CT molecular complexity index is 1690. The van der Waals surface area contributed by atoms with E-state index in [1.54, 1.807) is 32.9 Å². The number of halogens is 5. The van der Waals surface area contributed by atoms with Crippen molar-refractivity contribution in [3.05, 3.63) is 78.4 Å². The standard InChI is InChI=1S/C31H35F3N2O2S.C11H18F2N2O3/c32-31(33,34)38-29-12-10-27(11-13-29)26-8-6-24(7-9-26)22-35-18-20-36(21-19-35)39-30-16-14-28(15-17-30)37-23-25-4-2-1-3-5-25;1-10(2,3)18-9(17)14-8-4-5-15(7-16)6-11(8,12)13/h6-17,25H,1-5,18-23H2;7-8H,4-6H2,1-3H3,(H,14,17). The average molecular weight is 821 g/mol. The number of likely N-dealkylation sites (tertiary alicyclic amines) is 1. The number of hydrogen-bond acceptors (Lipinski definition) is 8. The number of nitrogens with one attached hydrogen (secondary N) is 1. The van der Waals surface area contributed by atoms with E-state index in [4.69, 9.17) is 9.47 Å². The molecule has 6 rings (SSSR count). The summed E-state index contributed by atoms with van der Waals surface area (Å²) in [7, 11) is 0. The summed E-state index contributed by atoms with van der Waals surface area (Å²) in [6.45, 7) is 10.2. The number of nitrogens with zero attached hydrogens (tertiary/aromatic N) is 3. The summed E-state index contributed by atoms with van der Waals surface area (Å²) in [4.78, 5) is 26.5. The molecular weight excluding hydrogens is 768 g/mol. The van der Waals surface area contributed by atoms with Gasteiger partial charge in [-0.15, -0.1) is 13.2 Å². The fourth-order valence-electron chi connectivity index (χ4n) is 6.89. The first-order valence-corrected chi connectivity index (χ1v) is 20.2. The van der Waals surface area contributed by atoms with Crippen LogP contribution in [0.15, 0.2) is 77.7 Å². The van der Waals surface area contributed by atoms with Gasteiger partial charge in [-0.2, -0.15) is 0 Å². The lowest BCUT2D eigenvalue weighted by molar-refractivity contribution is -0.274. The molecule has 0 aromatic heterocycles. The van der Waals surface area contributed by atoms with Crippen LogP contribution in [0.25, 0.3) is 11.1 Å². The minimum absolute atomic E-state index is 0.00494. The fraction of sp³-hybridized carbons (Fsp3) is 0.524. The molecule has 2 saturated heterocycles. The summed E-state index contributed by atoms with van der Waals surface area (Å²) in [6.07, 6.45) is 1.50. The van der Waals surface area contributed by atoms with Gasteiger partial charge in [0, 0.05) is 44.2 Å². The van der Waals surface area contributed by atoms with E-state index in [1.807, 2.05) is 24.1 Å². The minimum atomic E-state index is -4.68. The van der Waals surface area contributed by atoms with Gasteiger partial charge in [0.25, 0.3) is 5.92 Å². The number of carbonyl (C=O) groups excluding carboxylic acids is 2. The third-order valence-corrected chi connectivity index (χ3v) is 11.0. The Kier molecular flexibility index (Phi) is 15.5. The maximum absolute atomic E-state index is 13.6. The highest BCUT2D eigenvalue weighted by atomic mass is 32.2. The Morgan fingerprint density at radius 2 is 1.42 bits per heavy atom. The second-order valence-corrected chi connectivity index (χ2v) is 16.8. The molecule has 3 fully saturated rings. The van der Waals surface area contributed by atoms with Crippen molar-refractivity contribution in [1.82, 2.24) is 19.4 Å². The number of rotatable bonds is 11. The molecular formula is C42H53F5N4O5S. The van der Waals surface area contributed by atoms with Crippen LogP contribution in [0.2, 0.25) is 0 Å². The first kappa shape index (κ1) is 44.0. The predicted octanol–water partition coefficient (Wildman–Crippen LogP) is 9.41. The van der Waals surface area contributed by atoms with Crippen molar-refractivity contribution < 1.29 is 45.8 Å². The van der Waals surface area contributed by atoms with E-state index in [-0.39, 0.29) is 18.7 Å². The topological polar surface area (TPSA) is 83.6 Å². The second-order valence-electron chi connectivity index (χ2n) is 15.7. The maximum atomic E-state index is 13.6. The van der Waals surface area contributed by atoms with E-state index < -0.39 is 36.6 Å². The predicted molar refractivity (Wildman–Crippen MR) is 210 cm³/mol. The highest BCUT2D eigenvalue weighted by Gasteiger charge is 2.45. The molecule has 9 nitrogen and oxygen atoms in total. The van der Waals surface area contributed by atoms with Crippen LogP contribution < -0.4 is 14.8 Å². The zero-order valence-electron chi connectivity index (χ0n) is 32.7. The smallest absolute Gasteiger partial charge is 0.493 e. The SMILES string of the molecule is CC(C)(C)OC(=O)NC1CCN(C=O)CC1(F)F.FC(F)(F)Oc1ccc(-c2ccc(CN3CCN(Sc4ccc(OCC5CCCCC5)cc4)CC3)cc2)cc1. The fourth-order valence-corrected chi connectivity index (χ4v) is 7.79. The van der Waals surface area contributed by atoms with E-state index in [9.17, 15) is 31.5 Å². The molecule has 1 atom stereocenters. The third-order valence-electron chi connectivity index (χ3n) is 9.85. The van der Waals surface area contributed by atoms with Crippen molar-refractivity contribution in [1.29, 1.82) is 0 Å². The minimum Gasteiger partial charge on any atom is -0.493 e. The molecule has 2 amide bonds. The lowest BCUT2D eigenvalue weighted by atomic mass is 9.90. The molecule has 57 heavy (non-hydrogen) atoms. The van der Waals surface area contributed by atoms with Crippen molar-refractivity contribution in [2.45, 2.75) is 94.7 Å². The van der Waals surface area contributed by atoms with Crippen molar-refractivity contribution >= 4 is 24.5 Å². The summed E-state index contributed by atoms with van der Waals surface area (Å²) in [5, 5.41) is 2.16. The maximum Gasteiger partial charge on any atom is 0.573 e. The Morgan fingerprint density at radius 3 is 1.98 bits per heavy atom. The van der Waals surface area contributed by atoms with Crippen molar-refractivity contribution in [3.63, 3.8) is 0 Å². The molecule has 15 heteroatoms. The highest BCUT2D eigenvalue weighted by Crippen LogP contribution is 2.30. The first-order chi connectivity index (χ1) is 27.0. The molecule has 0 bridgehead atoms. The van der Waals surface area contributed by atoms with Gasteiger partial charge in [0.05, 0.1) is 19.2 Å². The largest absolute Gasteiger partial charge is 0.573 e. The second kappa shape index (κ2) is 20.1. The van der Waals surface area contributed by atoms with Crippen LogP contribution in [0.4, 0.5) is 26.7 Å². The summed E-state index contributed by atoms with van der Waals surface area (Å²) >= 11 is 1.81. The van der Waals surface area contributed by atoms with Gasteiger partial charge in [0.15, 0.2) is 0 Å². The Balaban J connectivity index is 0.000000290. The van der Waals surface area contributed by atoms with Gasteiger partial charge in [-0.05, 0) is 111 Å². The molecule has 0 radical (unpaired) electrons. The molecule has 1 saturated carbocycles. The van der Waals surface area contributed by atoms with Crippen LogP contribution in [0.1, 0.15) is 64.9 Å². The molecule has 3 aliphatic rings. The number of alkyl halides is 5. The Hall–Kier alpha value is -4.08. The van der Waals surface area contributed by atoms with E-state index in [0.717, 1.165) is 61.1 Å². The van der Waals surface area contributed by atoms with Crippen LogP contribution in [-0.2, 0) is 16.1 Å². The van der Waals surface area contributed by atoms with Crippen LogP contribution >= 0.6 is 11.9 Å². The van der Waals surface area contributed by atoms with Gasteiger partial charge in [-0.25, -0.2) is 17.9 Å². The number of hydrogen-bond donors (Lipinski definition) is 1. The normalized spacial score (nSPS) is 19.5. The summed E-state index contributed by atoms with van der Waals surface area (Å²) < 4.78 is 81.7. The summed E-state index contributed by atoms with van der Waals surface area (Å²) in [6, 6.07) is 21.4. The molecule has 1 N–H and O–H groups in total. The van der Waals surface area contributed by atoms with Crippen LogP contribution in [0, 0.1) is 5.92 Å². The molecule has 312 valence electrons. The molecule has 3 aromatic carbocycles. The van der Waals surface area contributed by atoms with Crippen molar-refractivity contribution in [3.8, 4) is 22.6 Å². The molecule has 2 heterocycles. The zero-order chi connectivity index (χ0) is 41.1. The van der Waals surface area contributed by atoms with Gasteiger partial charge in [-0.3, -0.25) is 9.69 Å². The molecule has 3 aromatic rings. The quantitative estimate of drug-likeness (QED) is 0.117. The van der Waals surface area contributed by atoms with Crippen molar-refractivity contribution in [2.75, 3.05) is 45.9 Å². The number of benzene rings is 3. The van der Waals surface area contributed by atoms with Crippen LogP contribution in [0.3, 0.4) is 0 Å². The number of alkyl carbamates (subject to hydrolysis) is 1. The molecule has 2 aliphatic heterocycles. The van der Waals surface area contributed by atoms with E-state index in [1.165, 1.54) is 54.7 Å². The first-order valence-electron chi connectivity index (χ1n) is 19.4. The third kappa shape index (κ3) is 15.0. The monoisotopic (exact) mass is 820 g/mol. The van der Waals surface area contributed by atoms with Gasteiger partial charge in [0.2, 0.25) is 6.41 Å². The van der Waals surface area contributed by atoms with Crippen LogP contribution in [0.5, 0.6) is 11.5 Å². The van der Waals surface area contributed by atoms with Crippen LogP contribution in [-0.4, -0.2) is 96.4 Å². The number of piperazine rings is 1. The molecule has 1 aliphatic carbocycles. The van der Waals surface area contributed by atoms with Gasteiger partial charge in [-0.1, -0.05) is 55.7 Å². The van der Waals surface area contributed by atoms with E-state index >= 15 is 0 Å². The highest BCUT2D eigenvalue weighted by molar-refractivity contribution is 7.97. The van der Waals surface area contributed by atoms with Gasteiger partial charge >= 0.3 is 12.5 Å². The Morgan fingerprint density at radius 1 is 0.825 bits per heavy atom. The van der Waals surface area contributed by atoms with E-state index in [0.29, 0.717) is 12.3 Å². The summed E-state index contributed by atoms with van der Waals surface area (Å²) in [5.41, 5.74) is 2.30. The lowest BCUT2D eigenvalue weighted by Gasteiger charge is -2.37. The van der Waals surface area contributed by atoms with Gasteiger partial charge in [0.1, 0.15) is 17.1 Å². The Labute approximate surface area is 336 Å². The zero-order valence-corrected chi connectivity index (χ0v) is 33.6. The molecule has 0 spiro atoms.